The first-order valence-electron chi connectivity index (χ1n) is 5.68. The second-order valence-corrected chi connectivity index (χ2v) is 6.14. The average Bonchev–Trinajstić information content (AvgIpc) is 2.17. The molecule has 0 radical (unpaired) electrons. The van der Waals surface area contributed by atoms with Gasteiger partial charge in [-0.05, 0) is 23.0 Å². The number of benzene rings is 1. The highest BCUT2D eigenvalue weighted by Gasteiger charge is 2.22. The third-order valence-electron chi connectivity index (χ3n) is 2.57. The minimum absolute atomic E-state index is 0.270. The van der Waals surface area contributed by atoms with Gasteiger partial charge in [0.05, 0.1) is 0 Å². The Morgan fingerprint density at radius 2 is 1.67 bits per heavy atom. The quantitative estimate of drug-likeness (QED) is 0.668. The van der Waals surface area contributed by atoms with E-state index in [9.17, 15) is 0 Å². The maximum Gasteiger partial charge on any atom is 0.0443 e. The van der Waals surface area contributed by atoms with Gasteiger partial charge in [-0.3, -0.25) is 0 Å². The van der Waals surface area contributed by atoms with Crippen molar-refractivity contribution in [2.45, 2.75) is 45.4 Å². The van der Waals surface area contributed by atoms with Crippen LogP contribution in [0.15, 0.2) is 24.3 Å². The zero-order chi connectivity index (χ0) is 11.5. The standard InChI is InChI=1S/C14H21Br/c1-5-6-11-7-9-12(10-8-11)13(15)14(2,3)4/h7-10,13H,5-6H2,1-4H3. The summed E-state index contributed by atoms with van der Waals surface area (Å²) in [5.41, 5.74) is 3.09. The van der Waals surface area contributed by atoms with Gasteiger partial charge in [0.1, 0.15) is 0 Å². The molecule has 1 unspecified atom stereocenters. The number of hydrogen-bond donors (Lipinski definition) is 0. The van der Waals surface area contributed by atoms with E-state index in [4.69, 9.17) is 0 Å². The number of alkyl halides is 1. The molecule has 1 atom stereocenters. The van der Waals surface area contributed by atoms with E-state index in [1.54, 1.807) is 0 Å². The summed E-state index contributed by atoms with van der Waals surface area (Å²) in [7, 11) is 0. The van der Waals surface area contributed by atoms with Crippen LogP contribution >= 0.6 is 15.9 Å². The topological polar surface area (TPSA) is 0 Å². The molecule has 0 aliphatic rings. The summed E-state index contributed by atoms with van der Waals surface area (Å²) in [5, 5.41) is 0. The second-order valence-electron chi connectivity index (χ2n) is 5.22. The van der Waals surface area contributed by atoms with Crippen molar-refractivity contribution in [3.8, 4) is 0 Å². The molecule has 0 aliphatic carbocycles. The molecule has 0 aromatic heterocycles. The normalized spacial score (nSPS) is 13.9. The van der Waals surface area contributed by atoms with E-state index in [1.807, 2.05) is 0 Å². The van der Waals surface area contributed by atoms with Crippen molar-refractivity contribution >= 4 is 15.9 Å². The fourth-order valence-corrected chi connectivity index (χ4v) is 1.95. The molecule has 0 saturated carbocycles. The summed E-state index contributed by atoms with van der Waals surface area (Å²) < 4.78 is 0. The van der Waals surface area contributed by atoms with Gasteiger partial charge in [0, 0.05) is 4.83 Å². The monoisotopic (exact) mass is 268 g/mol. The third kappa shape index (κ3) is 3.64. The van der Waals surface area contributed by atoms with E-state index in [-0.39, 0.29) is 5.41 Å². The van der Waals surface area contributed by atoms with Crippen molar-refractivity contribution in [3.05, 3.63) is 35.4 Å². The molecule has 0 aliphatic heterocycles. The van der Waals surface area contributed by atoms with Crippen molar-refractivity contribution in [1.82, 2.24) is 0 Å². The Kier molecular flexibility index (Phi) is 4.39. The molecule has 1 aromatic rings. The summed E-state index contributed by atoms with van der Waals surface area (Å²) in [5.74, 6) is 0. The van der Waals surface area contributed by atoms with Crippen LogP contribution in [0.5, 0.6) is 0 Å². The van der Waals surface area contributed by atoms with Crippen molar-refractivity contribution in [2.24, 2.45) is 5.41 Å². The van der Waals surface area contributed by atoms with Gasteiger partial charge in [0.2, 0.25) is 0 Å². The van der Waals surface area contributed by atoms with Crippen LogP contribution in [-0.4, -0.2) is 0 Å². The zero-order valence-electron chi connectivity index (χ0n) is 10.2. The number of rotatable bonds is 3. The molecule has 0 fully saturated rings. The van der Waals surface area contributed by atoms with Crippen molar-refractivity contribution in [2.75, 3.05) is 0 Å². The lowest BCUT2D eigenvalue weighted by atomic mass is 9.87. The van der Waals surface area contributed by atoms with Gasteiger partial charge in [0.25, 0.3) is 0 Å². The molecule has 0 N–H and O–H groups in total. The fraction of sp³-hybridized carbons (Fsp3) is 0.571. The Morgan fingerprint density at radius 3 is 2.07 bits per heavy atom. The summed E-state index contributed by atoms with van der Waals surface area (Å²) in [4.78, 5) is 0.431. The third-order valence-corrected chi connectivity index (χ3v) is 4.47. The lowest BCUT2D eigenvalue weighted by Crippen LogP contribution is -2.12. The summed E-state index contributed by atoms with van der Waals surface area (Å²) in [6.45, 7) is 8.99. The van der Waals surface area contributed by atoms with Crippen LogP contribution in [0.2, 0.25) is 0 Å². The predicted octanol–water partition coefficient (Wildman–Crippen LogP) is 5.12. The van der Waals surface area contributed by atoms with E-state index in [0.29, 0.717) is 4.83 Å². The largest absolute Gasteiger partial charge is 0.0833 e. The molecule has 0 spiro atoms. The molecular formula is C14H21Br. The molecule has 1 aromatic carbocycles. The van der Waals surface area contributed by atoms with E-state index in [0.717, 1.165) is 0 Å². The fourth-order valence-electron chi connectivity index (χ4n) is 1.64. The van der Waals surface area contributed by atoms with E-state index >= 15 is 0 Å². The Morgan fingerprint density at radius 1 is 1.13 bits per heavy atom. The van der Waals surface area contributed by atoms with Crippen LogP contribution in [0.3, 0.4) is 0 Å². The van der Waals surface area contributed by atoms with E-state index in [1.165, 1.54) is 24.0 Å². The Labute approximate surface area is 102 Å². The lowest BCUT2D eigenvalue weighted by Gasteiger charge is -2.26. The van der Waals surface area contributed by atoms with Crippen LogP contribution in [0.25, 0.3) is 0 Å². The number of hydrogen-bond acceptors (Lipinski definition) is 0. The van der Waals surface area contributed by atoms with Gasteiger partial charge in [-0.25, -0.2) is 0 Å². The van der Waals surface area contributed by atoms with Crippen LogP contribution in [0.1, 0.15) is 50.1 Å². The molecule has 15 heavy (non-hydrogen) atoms. The molecule has 0 saturated heterocycles. The van der Waals surface area contributed by atoms with E-state index < -0.39 is 0 Å². The first kappa shape index (κ1) is 12.8. The van der Waals surface area contributed by atoms with Gasteiger partial charge >= 0.3 is 0 Å². The van der Waals surface area contributed by atoms with Crippen LogP contribution < -0.4 is 0 Å². The number of halogens is 1. The Balaban J connectivity index is 2.80. The van der Waals surface area contributed by atoms with Crippen LogP contribution in [-0.2, 0) is 6.42 Å². The second kappa shape index (κ2) is 5.16. The van der Waals surface area contributed by atoms with Gasteiger partial charge in [-0.1, -0.05) is 74.3 Å². The SMILES string of the molecule is CCCc1ccc(C(Br)C(C)(C)C)cc1. The highest BCUT2D eigenvalue weighted by Crippen LogP contribution is 2.39. The summed E-state index contributed by atoms with van der Waals surface area (Å²) in [6.07, 6.45) is 2.40. The van der Waals surface area contributed by atoms with Gasteiger partial charge in [0.15, 0.2) is 0 Å². The summed E-state index contributed by atoms with van der Waals surface area (Å²) >= 11 is 3.77. The Hall–Kier alpha value is -0.300. The van der Waals surface area contributed by atoms with Gasteiger partial charge in [-0.2, -0.15) is 0 Å². The Bertz CT molecular complexity index is 292. The molecule has 1 rings (SSSR count). The molecule has 0 heterocycles. The highest BCUT2D eigenvalue weighted by molar-refractivity contribution is 9.09. The highest BCUT2D eigenvalue weighted by atomic mass is 79.9. The molecule has 0 nitrogen and oxygen atoms in total. The van der Waals surface area contributed by atoms with Crippen LogP contribution in [0.4, 0.5) is 0 Å². The van der Waals surface area contributed by atoms with E-state index in [2.05, 4.69) is 67.9 Å². The first-order valence-corrected chi connectivity index (χ1v) is 6.59. The minimum atomic E-state index is 0.270. The summed E-state index contributed by atoms with van der Waals surface area (Å²) in [6, 6.07) is 8.99. The van der Waals surface area contributed by atoms with Gasteiger partial charge in [-0.15, -0.1) is 0 Å². The molecule has 0 bridgehead atoms. The minimum Gasteiger partial charge on any atom is -0.0833 e. The predicted molar refractivity (Wildman–Crippen MR) is 71.6 cm³/mol. The molecule has 1 heteroatoms. The number of aryl methyl sites for hydroxylation is 1. The smallest absolute Gasteiger partial charge is 0.0443 e. The van der Waals surface area contributed by atoms with Crippen molar-refractivity contribution in [1.29, 1.82) is 0 Å². The van der Waals surface area contributed by atoms with Crippen molar-refractivity contribution in [3.63, 3.8) is 0 Å². The molecule has 84 valence electrons. The van der Waals surface area contributed by atoms with Crippen molar-refractivity contribution < 1.29 is 0 Å². The van der Waals surface area contributed by atoms with Gasteiger partial charge < -0.3 is 0 Å². The zero-order valence-corrected chi connectivity index (χ0v) is 11.8. The first-order chi connectivity index (χ1) is 6.95. The lowest BCUT2D eigenvalue weighted by molar-refractivity contribution is 0.407. The maximum absolute atomic E-state index is 3.77. The average molecular weight is 269 g/mol. The van der Waals surface area contributed by atoms with Crippen LogP contribution in [0, 0.1) is 5.41 Å². The maximum atomic E-state index is 3.77. The molecule has 0 amide bonds. The molecular weight excluding hydrogens is 248 g/mol.